The Bertz CT molecular complexity index is 104. The zero-order chi connectivity index (χ0) is 7.44. The molecule has 0 heterocycles. The minimum atomic E-state index is -0.983. The number of hydrogen-bond acceptors (Lipinski definition) is 4. The number of aliphatic carboxylic acids is 1. The number of hydrogen-bond donors (Lipinski definition) is 4. The molecule has 0 aliphatic rings. The van der Waals surface area contributed by atoms with Gasteiger partial charge >= 0.3 is 5.97 Å². The van der Waals surface area contributed by atoms with Crippen molar-refractivity contribution in [1.82, 2.24) is 0 Å². The van der Waals surface area contributed by atoms with Gasteiger partial charge in [0.1, 0.15) is 0 Å². The number of nitrogens with two attached hydrogens (primary N) is 3. The summed E-state index contributed by atoms with van der Waals surface area (Å²) in [5.41, 5.74) is 15.3. The normalized spacial score (nSPS) is 13.8. The van der Waals surface area contributed by atoms with E-state index in [9.17, 15) is 4.79 Å². The SMILES string of the molecule is NC(N)C(N)CC(=O)O. The first-order valence-corrected chi connectivity index (χ1v) is 2.52. The number of carboxylic acid groups (broad SMARTS) is 1. The van der Waals surface area contributed by atoms with E-state index in [0.717, 1.165) is 0 Å². The van der Waals surface area contributed by atoms with Crippen LogP contribution in [0.5, 0.6) is 0 Å². The van der Waals surface area contributed by atoms with Crippen molar-refractivity contribution in [1.29, 1.82) is 0 Å². The van der Waals surface area contributed by atoms with E-state index >= 15 is 0 Å². The molecule has 0 aromatic carbocycles. The zero-order valence-corrected chi connectivity index (χ0v) is 4.95. The second kappa shape index (κ2) is 3.39. The fourth-order valence-electron chi connectivity index (χ4n) is 0.338. The van der Waals surface area contributed by atoms with Gasteiger partial charge in [0, 0.05) is 6.04 Å². The Balaban J connectivity index is 3.50. The summed E-state index contributed by atoms with van der Waals surface area (Å²) >= 11 is 0. The molecule has 0 rings (SSSR count). The first-order chi connectivity index (χ1) is 4.04. The quantitative estimate of drug-likeness (QED) is 0.333. The number of carbonyl (C=O) groups is 1. The molecule has 5 heteroatoms. The fraction of sp³-hybridized carbons (Fsp3) is 0.750. The summed E-state index contributed by atoms with van der Waals surface area (Å²) in [5.74, 6) is -0.983. The molecule has 0 aliphatic heterocycles. The van der Waals surface area contributed by atoms with Gasteiger partial charge in [-0.05, 0) is 0 Å². The van der Waals surface area contributed by atoms with E-state index in [1.165, 1.54) is 0 Å². The Labute approximate surface area is 52.8 Å². The Hall–Kier alpha value is -0.650. The molecule has 9 heavy (non-hydrogen) atoms. The lowest BCUT2D eigenvalue weighted by molar-refractivity contribution is -0.137. The van der Waals surface area contributed by atoms with Crippen LogP contribution in [0.4, 0.5) is 0 Å². The van der Waals surface area contributed by atoms with Crippen LogP contribution in [0.15, 0.2) is 0 Å². The summed E-state index contributed by atoms with van der Waals surface area (Å²) < 4.78 is 0. The molecule has 0 aromatic rings. The van der Waals surface area contributed by atoms with E-state index in [1.807, 2.05) is 0 Å². The second-order valence-corrected chi connectivity index (χ2v) is 1.84. The Morgan fingerprint density at radius 3 is 2.00 bits per heavy atom. The largest absolute Gasteiger partial charge is 0.481 e. The lowest BCUT2D eigenvalue weighted by Gasteiger charge is -2.11. The van der Waals surface area contributed by atoms with Crippen molar-refractivity contribution in [3.8, 4) is 0 Å². The van der Waals surface area contributed by atoms with E-state index in [2.05, 4.69) is 0 Å². The van der Waals surface area contributed by atoms with Crippen molar-refractivity contribution >= 4 is 5.97 Å². The molecule has 0 aromatic heterocycles. The van der Waals surface area contributed by atoms with E-state index < -0.39 is 18.2 Å². The van der Waals surface area contributed by atoms with Crippen LogP contribution in [0.2, 0.25) is 0 Å². The highest BCUT2D eigenvalue weighted by molar-refractivity contribution is 5.67. The van der Waals surface area contributed by atoms with Crippen molar-refractivity contribution in [3.05, 3.63) is 0 Å². The van der Waals surface area contributed by atoms with Gasteiger partial charge in [-0.2, -0.15) is 0 Å². The standard InChI is InChI=1S/C4H11N3O2/c5-2(4(6)7)1-3(8)9/h2,4H,1,5-7H2,(H,8,9). The highest BCUT2D eigenvalue weighted by Crippen LogP contribution is 1.86. The van der Waals surface area contributed by atoms with Gasteiger partial charge in [-0.25, -0.2) is 0 Å². The predicted octanol–water partition coefficient (Wildman–Crippen LogP) is -1.97. The van der Waals surface area contributed by atoms with Gasteiger partial charge in [0.25, 0.3) is 0 Å². The maximum atomic E-state index is 9.92. The summed E-state index contributed by atoms with van der Waals surface area (Å²) in [7, 11) is 0. The monoisotopic (exact) mass is 133 g/mol. The fourth-order valence-corrected chi connectivity index (χ4v) is 0.338. The highest BCUT2D eigenvalue weighted by Gasteiger charge is 2.11. The van der Waals surface area contributed by atoms with Crippen LogP contribution in [-0.2, 0) is 4.79 Å². The Morgan fingerprint density at radius 1 is 1.44 bits per heavy atom. The van der Waals surface area contributed by atoms with Crippen LogP contribution in [0.3, 0.4) is 0 Å². The third kappa shape index (κ3) is 3.89. The van der Waals surface area contributed by atoms with Crippen molar-refractivity contribution in [2.75, 3.05) is 0 Å². The van der Waals surface area contributed by atoms with Crippen molar-refractivity contribution < 1.29 is 9.90 Å². The third-order valence-electron chi connectivity index (χ3n) is 0.905. The molecule has 54 valence electrons. The van der Waals surface area contributed by atoms with Crippen LogP contribution < -0.4 is 17.2 Å². The molecule has 0 spiro atoms. The molecular formula is C4H11N3O2. The molecule has 0 saturated carbocycles. The summed E-state index contributed by atoms with van der Waals surface area (Å²) in [6.45, 7) is 0. The number of rotatable bonds is 3. The van der Waals surface area contributed by atoms with Gasteiger partial charge in [0.15, 0.2) is 0 Å². The maximum absolute atomic E-state index is 9.92. The first kappa shape index (κ1) is 8.35. The third-order valence-corrected chi connectivity index (χ3v) is 0.905. The van der Waals surface area contributed by atoms with Gasteiger partial charge in [-0.1, -0.05) is 0 Å². The molecule has 7 N–H and O–H groups in total. The van der Waals surface area contributed by atoms with Crippen molar-refractivity contribution in [3.63, 3.8) is 0 Å². The smallest absolute Gasteiger partial charge is 0.305 e. The topological polar surface area (TPSA) is 115 Å². The summed E-state index contributed by atoms with van der Waals surface area (Å²) in [4.78, 5) is 9.92. The van der Waals surface area contributed by atoms with Gasteiger partial charge in [-0.15, -0.1) is 0 Å². The lowest BCUT2D eigenvalue weighted by Crippen LogP contribution is -2.48. The summed E-state index contributed by atoms with van der Waals surface area (Å²) in [6.07, 6.45) is -0.932. The van der Waals surface area contributed by atoms with Crippen LogP contribution >= 0.6 is 0 Å². The minimum absolute atomic E-state index is 0.183. The molecule has 0 amide bonds. The maximum Gasteiger partial charge on any atom is 0.305 e. The van der Waals surface area contributed by atoms with E-state index in [-0.39, 0.29) is 6.42 Å². The highest BCUT2D eigenvalue weighted by atomic mass is 16.4. The lowest BCUT2D eigenvalue weighted by atomic mass is 10.2. The van der Waals surface area contributed by atoms with E-state index in [0.29, 0.717) is 0 Å². The molecule has 5 nitrogen and oxygen atoms in total. The minimum Gasteiger partial charge on any atom is -0.481 e. The molecule has 0 radical (unpaired) electrons. The Morgan fingerprint density at radius 2 is 1.89 bits per heavy atom. The second-order valence-electron chi connectivity index (χ2n) is 1.84. The molecule has 0 fully saturated rings. The average Bonchev–Trinajstić information content (AvgIpc) is 1.63. The summed E-state index contributed by atoms with van der Waals surface area (Å²) in [5, 5.41) is 8.14. The van der Waals surface area contributed by atoms with Gasteiger partial charge in [0.05, 0.1) is 12.6 Å². The van der Waals surface area contributed by atoms with Gasteiger partial charge in [0.2, 0.25) is 0 Å². The molecule has 0 saturated heterocycles. The van der Waals surface area contributed by atoms with Gasteiger partial charge < -0.3 is 22.3 Å². The van der Waals surface area contributed by atoms with Crippen LogP contribution in [0, 0.1) is 0 Å². The van der Waals surface area contributed by atoms with Crippen LogP contribution in [0.1, 0.15) is 6.42 Å². The molecular weight excluding hydrogens is 122 g/mol. The molecule has 1 unspecified atom stereocenters. The zero-order valence-electron chi connectivity index (χ0n) is 4.95. The molecule has 0 bridgehead atoms. The van der Waals surface area contributed by atoms with Crippen LogP contribution in [-0.4, -0.2) is 23.3 Å². The van der Waals surface area contributed by atoms with E-state index in [4.69, 9.17) is 22.3 Å². The molecule has 1 atom stereocenters. The van der Waals surface area contributed by atoms with Crippen LogP contribution in [0.25, 0.3) is 0 Å². The average molecular weight is 133 g/mol. The van der Waals surface area contributed by atoms with E-state index in [1.54, 1.807) is 0 Å². The predicted molar refractivity (Wildman–Crippen MR) is 32.4 cm³/mol. The van der Waals surface area contributed by atoms with Crippen molar-refractivity contribution in [2.45, 2.75) is 18.6 Å². The van der Waals surface area contributed by atoms with Crippen molar-refractivity contribution in [2.24, 2.45) is 17.2 Å². The first-order valence-electron chi connectivity index (χ1n) is 2.52. The number of carboxylic acids is 1. The summed E-state index contributed by atoms with van der Waals surface area (Å²) in [6, 6.07) is -0.650. The Kier molecular flexibility index (Phi) is 3.15. The van der Waals surface area contributed by atoms with Gasteiger partial charge in [-0.3, -0.25) is 4.79 Å². The molecule has 0 aliphatic carbocycles.